The number of fused-ring (bicyclic) bond motifs is 3. The third-order valence-electron chi connectivity index (χ3n) is 4.56. The van der Waals surface area contributed by atoms with E-state index in [9.17, 15) is 0 Å². The third-order valence-corrected chi connectivity index (χ3v) is 4.56. The lowest BCUT2D eigenvalue weighted by molar-refractivity contribution is 0.987. The van der Waals surface area contributed by atoms with Gasteiger partial charge in [0.25, 0.3) is 0 Å². The van der Waals surface area contributed by atoms with Crippen LogP contribution in [0.3, 0.4) is 0 Å². The first-order valence-corrected chi connectivity index (χ1v) is 7.72. The van der Waals surface area contributed by atoms with Crippen LogP contribution in [-0.2, 0) is 0 Å². The summed E-state index contributed by atoms with van der Waals surface area (Å²) in [5.74, 6) is 0.325. The van der Waals surface area contributed by atoms with Crippen LogP contribution in [0.5, 0.6) is 0 Å². The summed E-state index contributed by atoms with van der Waals surface area (Å²) in [6, 6.07) is 26.3. The molecule has 1 aliphatic carbocycles. The molecule has 0 N–H and O–H groups in total. The summed E-state index contributed by atoms with van der Waals surface area (Å²) < 4.78 is 0. The molecule has 1 nitrogen and oxygen atoms in total. The molecule has 0 heterocycles. The molecule has 0 aromatic heterocycles. The van der Waals surface area contributed by atoms with Gasteiger partial charge in [0.1, 0.15) is 0 Å². The predicted molar refractivity (Wildman–Crippen MR) is 93.6 cm³/mol. The molecule has 0 bridgehead atoms. The van der Waals surface area contributed by atoms with Crippen LogP contribution in [0.15, 0.2) is 72.8 Å². The minimum Gasteiger partial charge on any atom is -0.377 e. The number of benzene rings is 3. The average molecular weight is 285 g/mol. The highest BCUT2D eigenvalue weighted by molar-refractivity contribution is 5.82. The van der Waals surface area contributed by atoms with Crippen LogP contribution >= 0.6 is 0 Å². The molecule has 108 valence electrons. The molecule has 3 aromatic carbocycles. The van der Waals surface area contributed by atoms with Crippen LogP contribution in [0, 0.1) is 0 Å². The molecule has 0 fully saturated rings. The van der Waals surface area contributed by atoms with Crippen molar-refractivity contribution in [3.63, 3.8) is 0 Å². The van der Waals surface area contributed by atoms with E-state index in [-0.39, 0.29) is 0 Å². The highest BCUT2D eigenvalue weighted by Crippen LogP contribution is 2.49. The smallest absolute Gasteiger partial charge is 0.0403 e. The predicted octanol–water partition coefficient (Wildman–Crippen LogP) is 4.91. The average Bonchev–Trinajstić information content (AvgIpc) is 2.89. The van der Waals surface area contributed by atoms with Crippen LogP contribution in [0.4, 0.5) is 5.69 Å². The number of nitrogens with zero attached hydrogens (tertiary/aromatic N) is 1. The number of para-hydroxylation sites is 1. The van der Waals surface area contributed by atoms with E-state index in [4.69, 9.17) is 0 Å². The molecule has 3 aromatic rings. The molecule has 1 heteroatoms. The summed E-state index contributed by atoms with van der Waals surface area (Å²) in [4.78, 5) is 2.21. The molecule has 22 heavy (non-hydrogen) atoms. The second kappa shape index (κ2) is 5.03. The van der Waals surface area contributed by atoms with Crippen molar-refractivity contribution in [1.29, 1.82) is 0 Å². The van der Waals surface area contributed by atoms with Gasteiger partial charge in [-0.3, -0.25) is 0 Å². The molecule has 0 saturated heterocycles. The SMILES string of the molecule is CN(C)c1ccccc1C1c2ccccc2-c2ccccc21. The van der Waals surface area contributed by atoms with E-state index in [1.54, 1.807) is 0 Å². The third kappa shape index (κ3) is 1.86. The number of rotatable bonds is 2. The summed E-state index contributed by atoms with van der Waals surface area (Å²) in [5.41, 5.74) is 8.24. The summed E-state index contributed by atoms with van der Waals surface area (Å²) in [6.07, 6.45) is 0. The molecule has 0 amide bonds. The first-order valence-electron chi connectivity index (χ1n) is 7.72. The Balaban J connectivity index is 2.00. The Morgan fingerprint density at radius 3 is 1.59 bits per heavy atom. The minimum absolute atomic E-state index is 0.325. The van der Waals surface area contributed by atoms with E-state index in [2.05, 4.69) is 91.8 Å². The maximum absolute atomic E-state index is 2.27. The van der Waals surface area contributed by atoms with Gasteiger partial charge in [0.05, 0.1) is 0 Å². The van der Waals surface area contributed by atoms with Crippen molar-refractivity contribution in [3.8, 4) is 11.1 Å². The summed E-state index contributed by atoms with van der Waals surface area (Å²) in [5, 5.41) is 0. The van der Waals surface area contributed by atoms with Crippen LogP contribution in [-0.4, -0.2) is 14.1 Å². The molecule has 4 rings (SSSR count). The maximum atomic E-state index is 2.27. The van der Waals surface area contributed by atoms with Gasteiger partial charge >= 0.3 is 0 Å². The molecular weight excluding hydrogens is 266 g/mol. The Labute approximate surface area is 131 Å². The quantitative estimate of drug-likeness (QED) is 0.505. The highest BCUT2D eigenvalue weighted by atomic mass is 15.1. The van der Waals surface area contributed by atoms with E-state index in [1.165, 1.54) is 33.5 Å². The van der Waals surface area contributed by atoms with E-state index in [0.717, 1.165) is 0 Å². The van der Waals surface area contributed by atoms with Crippen molar-refractivity contribution in [1.82, 2.24) is 0 Å². The molecule has 0 saturated carbocycles. The zero-order valence-electron chi connectivity index (χ0n) is 13.0. The summed E-state index contributed by atoms with van der Waals surface area (Å²) in [7, 11) is 4.23. The van der Waals surface area contributed by atoms with Crippen molar-refractivity contribution in [2.75, 3.05) is 19.0 Å². The summed E-state index contributed by atoms with van der Waals surface area (Å²) >= 11 is 0. The van der Waals surface area contributed by atoms with E-state index < -0.39 is 0 Å². The van der Waals surface area contributed by atoms with Gasteiger partial charge in [0.15, 0.2) is 0 Å². The Bertz CT molecular complexity index is 787. The van der Waals surface area contributed by atoms with Crippen molar-refractivity contribution >= 4 is 5.69 Å². The topological polar surface area (TPSA) is 3.24 Å². The Kier molecular flexibility index (Phi) is 3.00. The maximum Gasteiger partial charge on any atom is 0.0403 e. The van der Waals surface area contributed by atoms with E-state index in [0.29, 0.717) is 5.92 Å². The van der Waals surface area contributed by atoms with E-state index >= 15 is 0 Å². The van der Waals surface area contributed by atoms with Crippen molar-refractivity contribution in [2.45, 2.75) is 5.92 Å². The number of hydrogen-bond acceptors (Lipinski definition) is 1. The number of anilines is 1. The van der Waals surface area contributed by atoms with Gasteiger partial charge in [0.2, 0.25) is 0 Å². The first-order chi connectivity index (χ1) is 10.8. The lowest BCUT2D eigenvalue weighted by Crippen LogP contribution is -2.13. The minimum atomic E-state index is 0.325. The zero-order valence-corrected chi connectivity index (χ0v) is 13.0. The monoisotopic (exact) mass is 285 g/mol. The molecule has 1 aliphatic rings. The Morgan fingerprint density at radius 1 is 0.591 bits per heavy atom. The van der Waals surface area contributed by atoms with Gasteiger partial charge < -0.3 is 4.90 Å². The van der Waals surface area contributed by atoms with Crippen molar-refractivity contribution in [3.05, 3.63) is 89.5 Å². The van der Waals surface area contributed by atoms with Gasteiger partial charge in [0, 0.05) is 25.7 Å². The normalized spacial score (nSPS) is 12.8. The zero-order chi connectivity index (χ0) is 15.1. The fourth-order valence-electron chi connectivity index (χ4n) is 3.63. The van der Waals surface area contributed by atoms with Crippen LogP contribution in [0.1, 0.15) is 22.6 Å². The van der Waals surface area contributed by atoms with Gasteiger partial charge in [-0.2, -0.15) is 0 Å². The van der Waals surface area contributed by atoms with Gasteiger partial charge in [-0.15, -0.1) is 0 Å². The van der Waals surface area contributed by atoms with Crippen LogP contribution < -0.4 is 4.90 Å². The number of hydrogen-bond donors (Lipinski definition) is 0. The molecule has 0 unspecified atom stereocenters. The van der Waals surface area contributed by atoms with E-state index in [1.807, 2.05) is 0 Å². The Hall–Kier alpha value is -2.54. The van der Waals surface area contributed by atoms with Crippen LogP contribution in [0.2, 0.25) is 0 Å². The fourth-order valence-corrected chi connectivity index (χ4v) is 3.63. The molecule has 0 aliphatic heterocycles. The van der Waals surface area contributed by atoms with Crippen molar-refractivity contribution < 1.29 is 0 Å². The first kappa shape index (κ1) is 13.1. The lowest BCUT2D eigenvalue weighted by Gasteiger charge is -2.22. The standard InChI is InChI=1S/C21H19N/c1-22(2)20-14-8-7-13-19(20)21-17-11-5-3-9-15(17)16-10-4-6-12-18(16)21/h3-14,21H,1-2H3. The summed E-state index contributed by atoms with van der Waals surface area (Å²) in [6.45, 7) is 0. The molecular formula is C21H19N. The second-order valence-electron chi connectivity index (χ2n) is 6.06. The lowest BCUT2D eigenvalue weighted by atomic mass is 9.88. The fraction of sp³-hybridized carbons (Fsp3) is 0.143. The van der Waals surface area contributed by atoms with Crippen LogP contribution in [0.25, 0.3) is 11.1 Å². The van der Waals surface area contributed by atoms with Gasteiger partial charge in [-0.05, 0) is 33.9 Å². The molecule has 0 radical (unpaired) electrons. The molecule has 0 spiro atoms. The Morgan fingerprint density at radius 2 is 1.05 bits per heavy atom. The van der Waals surface area contributed by atoms with Crippen molar-refractivity contribution in [2.24, 2.45) is 0 Å². The van der Waals surface area contributed by atoms with Gasteiger partial charge in [-0.25, -0.2) is 0 Å². The highest BCUT2D eigenvalue weighted by Gasteiger charge is 2.30. The van der Waals surface area contributed by atoms with Gasteiger partial charge in [-0.1, -0.05) is 66.7 Å². The second-order valence-corrected chi connectivity index (χ2v) is 6.06. The molecule has 0 atom stereocenters. The largest absolute Gasteiger partial charge is 0.377 e.